The number of ether oxygens (including phenoxy) is 1. The van der Waals surface area contributed by atoms with E-state index >= 15 is 0 Å². The minimum absolute atomic E-state index is 0.0590. The highest BCUT2D eigenvalue weighted by molar-refractivity contribution is 4.50. The van der Waals surface area contributed by atoms with Crippen molar-refractivity contribution in [3.8, 4) is 0 Å². The molecule has 1 fully saturated rings. The van der Waals surface area contributed by atoms with Crippen molar-refractivity contribution < 1.29 is 14.5 Å². The molecule has 0 aromatic rings. The predicted molar refractivity (Wildman–Crippen MR) is 43.8 cm³/mol. The molecular weight excluding hydrogens is 158 g/mol. The van der Waals surface area contributed by atoms with E-state index in [0.717, 1.165) is 6.42 Å². The Kier molecular flexibility index (Phi) is 3.94. The second-order valence-corrected chi connectivity index (χ2v) is 3.25. The van der Waals surface area contributed by atoms with Crippen LogP contribution in [0.15, 0.2) is 0 Å². The number of unbranched alkanes of at least 4 members (excludes halogenated alkanes) is 1. The van der Waals surface area contributed by atoms with Crippen LogP contribution in [0.25, 0.3) is 0 Å². The highest BCUT2D eigenvalue weighted by atomic mass is 16.6. The number of hydrogen-bond acceptors (Lipinski definition) is 2. The molecule has 4 heteroatoms. The number of hydrogen-bond donors (Lipinski definition) is 0. The molecule has 1 aliphatic heterocycles. The van der Waals surface area contributed by atoms with Gasteiger partial charge in [-0.05, 0) is 12.8 Å². The Labute approximate surface area is 72.9 Å². The van der Waals surface area contributed by atoms with E-state index in [4.69, 9.17) is 4.74 Å². The minimum Gasteiger partial charge on any atom is -0.633 e. The number of hydroxylamine groups is 3. The largest absolute Gasteiger partial charge is 0.633 e. The third kappa shape index (κ3) is 3.06. The summed E-state index contributed by atoms with van der Waals surface area (Å²) in [6.45, 7) is 2.78. The van der Waals surface area contributed by atoms with Crippen molar-refractivity contribution in [2.45, 2.75) is 12.8 Å². The lowest BCUT2D eigenvalue weighted by Gasteiger charge is -2.45. The maximum Gasteiger partial charge on any atom is 0.102 e. The van der Waals surface area contributed by atoms with Gasteiger partial charge in [-0.25, -0.2) is 5.11 Å². The van der Waals surface area contributed by atoms with Gasteiger partial charge in [0.15, 0.2) is 0 Å². The average molecular weight is 174 g/mol. The fourth-order valence-electron chi connectivity index (χ4n) is 1.40. The molecule has 0 atom stereocenters. The molecule has 1 radical (unpaired) electrons. The van der Waals surface area contributed by atoms with Gasteiger partial charge in [0.2, 0.25) is 0 Å². The Balaban J connectivity index is 2.17. The zero-order valence-electron chi connectivity index (χ0n) is 7.33. The van der Waals surface area contributed by atoms with Crippen LogP contribution in [-0.4, -0.2) is 44.1 Å². The molecule has 1 rings (SSSR count). The van der Waals surface area contributed by atoms with E-state index in [9.17, 15) is 10.3 Å². The molecule has 71 valence electrons. The van der Waals surface area contributed by atoms with Gasteiger partial charge in [0.05, 0.1) is 26.4 Å². The van der Waals surface area contributed by atoms with Crippen molar-refractivity contribution in [1.82, 2.24) is 0 Å². The van der Waals surface area contributed by atoms with Crippen molar-refractivity contribution in [1.29, 1.82) is 0 Å². The summed E-state index contributed by atoms with van der Waals surface area (Å²) in [6.07, 6.45) is 1.39. The maximum absolute atomic E-state index is 11.8. The van der Waals surface area contributed by atoms with Crippen molar-refractivity contribution >= 4 is 0 Å². The first-order valence-corrected chi connectivity index (χ1v) is 4.50. The van der Waals surface area contributed by atoms with Gasteiger partial charge >= 0.3 is 0 Å². The lowest BCUT2D eigenvalue weighted by atomic mass is 10.3. The number of morpholine rings is 1. The molecule has 4 nitrogen and oxygen atoms in total. The molecule has 0 N–H and O–H groups in total. The Bertz CT molecular complexity index is 123. The normalized spacial score (nSPS) is 22.5. The van der Waals surface area contributed by atoms with Crippen LogP contribution in [0.4, 0.5) is 0 Å². The van der Waals surface area contributed by atoms with Gasteiger partial charge in [-0.15, -0.1) is 0 Å². The smallest absolute Gasteiger partial charge is 0.102 e. The lowest BCUT2D eigenvalue weighted by molar-refractivity contribution is -0.888. The third-order valence-electron chi connectivity index (χ3n) is 2.25. The topological polar surface area (TPSA) is 52.2 Å². The second kappa shape index (κ2) is 4.77. The molecular formula is C8H16NO3. The summed E-state index contributed by atoms with van der Waals surface area (Å²) >= 11 is 0. The van der Waals surface area contributed by atoms with E-state index in [1.54, 1.807) is 0 Å². The van der Waals surface area contributed by atoms with E-state index in [1.807, 2.05) is 0 Å². The van der Waals surface area contributed by atoms with E-state index in [2.05, 4.69) is 0 Å². The molecule has 0 amide bonds. The van der Waals surface area contributed by atoms with Crippen LogP contribution in [0.3, 0.4) is 0 Å². The van der Waals surface area contributed by atoms with Crippen LogP contribution in [-0.2, 0) is 9.84 Å². The number of rotatable bonds is 4. The molecule has 0 aromatic heterocycles. The Morgan fingerprint density at radius 1 is 1.25 bits per heavy atom. The fraction of sp³-hybridized carbons (Fsp3) is 1.00. The van der Waals surface area contributed by atoms with E-state index < -0.39 is 0 Å². The van der Waals surface area contributed by atoms with Crippen molar-refractivity contribution in [3.63, 3.8) is 0 Å². The predicted octanol–water partition coefficient (Wildman–Crippen LogP) is 0.542. The van der Waals surface area contributed by atoms with Crippen LogP contribution in [0.2, 0.25) is 0 Å². The minimum atomic E-state index is -0.153. The van der Waals surface area contributed by atoms with Crippen LogP contribution >= 0.6 is 0 Å². The summed E-state index contributed by atoms with van der Waals surface area (Å²) in [6, 6.07) is 0. The molecule has 12 heavy (non-hydrogen) atoms. The van der Waals surface area contributed by atoms with Gasteiger partial charge in [0.1, 0.15) is 13.1 Å². The van der Waals surface area contributed by atoms with Gasteiger partial charge in [0, 0.05) is 0 Å². The van der Waals surface area contributed by atoms with Gasteiger partial charge in [-0.3, -0.25) is 0 Å². The zero-order chi connectivity index (χ0) is 8.86. The number of quaternary nitrogens is 1. The summed E-state index contributed by atoms with van der Waals surface area (Å²) in [5.74, 6) is 0. The van der Waals surface area contributed by atoms with Crippen LogP contribution < -0.4 is 0 Å². The van der Waals surface area contributed by atoms with E-state index in [1.165, 1.54) is 0 Å². The molecule has 0 spiro atoms. The standard InChI is InChI=1S/C8H16NO3/c10-6-2-1-3-9(11)4-7-12-8-5-9/h1-8H2. The molecule has 0 bridgehead atoms. The van der Waals surface area contributed by atoms with Gasteiger partial charge < -0.3 is 14.6 Å². The summed E-state index contributed by atoms with van der Waals surface area (Å²) in [7, 11) is 0. The molecule has 0 unspecified atom stereocenters. The van der Waals surface area contributed by atoms with Crippen LogP contribution in [0, 0.1) is 5.21 Å². The highest BCUT2D eigenvalue weighted by Gasteiger charge is 2.19. The van der Waals surface area contributed by atoms with Gasteiger partial charge in [-0.2, -0.15) is 0 Å². The average Bonchev–Trinajstić information content (AvgIpc) is 2.06. The molecule has 0 aromatic carbocycles. The Morgan fingerprint density at radius 3 is 2.50 bits per heavy atom. The summed E-state index contributed by atoms with van der Waals surface area (Å²) in [5.41, 5.74) is 0. The Morgan fingerprint density at radius 2 is 1.92 bits per heavy atom. The first kappa shape index (κ1) is 9.92. The molecule has 1 aliphatic rings. The molecule has 1 heterocycles. The zero-order valence-corrected chi connectivity index (χ0v) is 7.33. The molecule has 0 saturated carbocycles. The van der Waals surface area contributed by atoms with Gasteiger partial charge in [-0.1, -0.05) is 0 Å². The summed E-state index contributed by atoms with van der Waals surface area (Å²) in [5, 5.41) is 21.9. The third-order valence-corrected chi connectivity index (χ3v) is 2.25. The summed E-state index contributed by atoms with van der Waals surface area (Å²) < 4.78 is 4.94. The number of nitrogens with zero attached hydrogens (tertiary/aromatic N) is 1. The maximum atomic E-state index is 11.8. The molecule has 1 saturated heterocycles. The lowest BCUT2D eigenvalue weighted by Crippen LogP contribution is -2.50. The van der Waals surface area contributed by atoms with E-state index in [-0.39, 0.29) is 11.3 Å². The first-order valence-electron chi connectivity index (χ1n) is 4.50. The van der Waals surface area contributed by atoms with Gasteiger partial charge in [0.25, 0.3) is 0 Å². The quantitative estimate of drug-likeness (QED) is 0.355. The van der Waals surface area contributed by atoms with Crippen molar-refractivity contribution in [2.75, 3.05) is 39.5 Å². The highest BCUT2D eigenvalue weighted by Crippen LogP contribution is 2.10. The fourth-order valence-corrected chi connectivity index (χ4v) is 1.40. The summed E-state index contributed by atoms with van der Waals surface area (Å²) in [4.78, 5) is 0. The Hall–Kier alpha value is -0.160. The van der Waals surface area contributed by atoms with Crippen molar-refractivity contribution in [2.24, 2.45) is 0 Å². The molecule has 0 aliphatic carbocycles. The SMILES string of the molecule is [O]CCCC[N+]1([O-])CCOCC1. The van der Waals surface area contributed by atoms with Crippen molar-refractivity contribution in [3.05, 3.63) is 5.21 Å². The second-order valence-electron chi connectivity index (χ2n) is 3.25. The van der Waals surface area contributed by atoms with Crippen LogP contribution in [0.5, 0.6) is 0 Å². The monoisotopic (exact) mass is 174 g/mol. The van der Waals surface area contributed by atoms with Crippen LogP contribution in [0.1, 0.15) is 12.8 Å². The first-order chi connectivity index (χ1) is 5.77. The van der Waals surface area contributed by atoms with E-state index in [0.29, 0.717) is 39.3 Å².